The SMILES string of the molecule is Cc1cn2nc(NC[C@@H]3CCN(c4ccccc4)C3)sc2n1. The number of nitrogens with zero attached hydrogens (tertiary/aromatic N) is 4. The highest BCUT2D eigenvalue weighted by Gasteiger charge is 2.22. The second kappa shape index (κ2) is 5.61. The number of rotatable bonds is 4. The van der Waals surface area contributed by atoms with Gasteiger partial charge in [0.05, 0.1) is 11.9 Å². The van der Waals surface area contributed by atoms with Crippen molar-refractivity contribution in [1.29, 1.82) is 0 Å². The predicted molar refractivity (Wildman–Crippen MR) is 90.9 cm³/mol. The van der Waals surface area contributed by atoms with Gasteiger partial charge in [0.15, 0.2) is 0 Å². The Labute approximate surface area is 133 Å². The summed E-state index contributed by atoms with van der Waals surface area (Å²) in [5.41, 5.74) is 2.34. The van der Waals surface area contributed by atoms with Crippen molar-refractivity contribution in [3.05, 3.63) is 42.2 Å². The van der Waals surface area contributed by atoms with Gasteiger partial charge in [-0.15, -0.1) is 5.10 Å². The summed E-state index contributed by atoms with van der Waals surface area (Å²) in [6.45, 7) is 5.21. The average Bonchev–Trinajstić information content (AvgIpc) is 3.20. The van der Waals surface area contributed by atoms with Crippen molar-refractivity contribution in [3.63, 3.8) is 0 Å². The first kappa shape index (κ1) is 13.6. The number of hydrogen-bond donors (Lipinski definition) is 1. The van der Waals surface area contributed by atoms with Crippen LogP contribution in [0, 0.1) is 12.8 Å². The van der Waals surface area contributed by atoms with Crippen LogP contribution >= 0.6 is 11.3 Å². The first-order chi connectivity index (χ1) is 10.8. The minimum Gasteiger partial charge on any atom is -0.371 e. The Morgan fingerprint density at radius 2 is 2.18 bits per heavy atom. The quantitative estimate of drug-likeness (QED) is 0.804. The third-order valence-corrected chi connectivity index (χ3v) is 4.99. The van der Waals surface area contributed by atoms with E-state index in [0.717, 1.165) is 35.4 Å². The van der Waals surface area contributed by atoms with Crippen molar-refractivity contribution in [2.75, 3.05) is 29.9 Å². The van der Waals surface area contributed by atoms with E-state index >= 15 is 0 Å². The Hall–Kier alpha value is -2.08. The Balaban J connectivity index is 1.35. The van der Waals surface area contributed by atoms with E-state index in [1.54, 1.807) is 11.3 Å². The van der Waals surface area contributed by atoms with Crippen LogP contribution in [0.3, 0.4) is 0 Å². The van der Waals surface area contributed by atoms with Gasteiger partial charge in [0.25, 0.3) is 0 Å². The van der Waals surface area contributed by atoms with Gasteiger partial charge in [-0.2, -0.15) is 0 Å². The zero-order valence-electron chi connectivity index (χ0n) is 12.6. The highest BCUT2D eigenvalue weighted by Crippen LogP contribution is 2.25. The number of aromatic nitrogens is 3. The fourth-order valence-electron chi connectivity index (χ4n) is 2.98. The molecule has 1 fully saturated rings. The van der Waals surface area contributed by atoms with Crippen LogP contribution in [0.15, 0.2) is 36.5 Å². The van der Waals surface area contributed by atoms with Gasteiger partial charge >= 0.3 is 0 Å². The van der Waals surface area contributed by atoms with Crippen molar-refractivity contribution >= 4 is 27.1 Å². The number of anilines is 2. The summed E-state index contributed by atoms with van der Waals surface area (Å²) < 4.78 is 1.85. The van der Waals surface area contributed by atoms with Crippen molar-refractivity contribution in [2.45, 2.75) is 13.3 Å². The molecular formula is C16H19N5S. The lowest BCUT2D eigenvalue weighted by atomic mass is 10.1. The summed E-state index contributed by atoms with van der Waals surface area (Å²) in [5.74, 6) is 0.665. The van der Waals surface area contributed by atoms with E-state index in [1.165, 1.54) is 12.1 Å². The molecule has 0 radical (unpaired) electrons. The van der Waals surface area contributed by atoms with Gasteiger partial charge in [0.1, 0.15) is 0 Å². The molecule has 1 N–H and O–H groups in total. The van der Waals surface area contributed by atoms with E-state index < -0.39 is 0 Å². The fraction of sp³-hybridized carbons (Fsp3) is 0.375. The van der Waals surface area contributed by atoms with Gasteiger partial charge in [-0.25, -0.2) is 9.50 Å². The van der Waals surface area contributed by atoms with Crippen molar-refractivity contribution < 1.29 is 0 Å². The highest BCUT2D eigenvalue weighted by atomic mass is 32.1. The topological polar surface area (TPSA) is 45.5 Å². The van der Waals surface area contributed by atoms with Gasteiger partial charge in [-0.3, -0.25) is 0 Å². The largest absolute Gasteiger partial charge is 0.371 e. The van der Waals surface area contributed by atoms with Crippen molar-refractivity contribution in [3.8, 4) is 0 Å². The zero-order valence-corrected chi connectivity index (χ0v) is 13.4. The monoisotopic (exact) mass is 313 g/mol. The molecule has 3 aromatic rings. The molecule has 1 aliphatic rings. The lowest BCUT2D eigenvalue weighted by molar-refractivity contribution is 0.621. The summed E-state index contributed by atoms with van der Waals surface area (Å²) in [5, 5.41) is 8.95. The molecule has 114 valence electrons. The molecule has 0 spiro atoms. The zero-order chi connectivity index (χ0) is 14.9. The first-order valence-corrected chi connectivity index (χ1v) is 8.46. The molecule has 0 amide bonds. The normalized spacial score (nSPS) is 18.2. The van der Waals surface area contributed by atoms with Crippen molar-refractivity contribution in [1.82, 2.24) is 14.6 Å². The van der Waals surface area contributed by atoms with Gasteiger partial charge < -0.3 is 10.2 Å². The maximum absolute atomic E-state index is 4.52. The van der Waals surface area contributed by atoms with E-state index in [9.17, 15) is 0 Å². The maximum Gasteiger partial charge on any atom is 0.214 e. The third-order valence-electron chi connectivity index (χ3n) is 4.11. The van der Waals surface area contributed by atoms with Crippen LogP contribution in [-0.4, -0.2) is 34.2 Å². The summed E-state index contributed by atoms with van der Waals surface area (Å²) in [4.78, 5) is 7.85. The number of nitrogens with one attached hydrogen (secondary N) is 1. The summed E-state index contributed by atoms with van der Waals surface area (Å²) >= 11 is 1.61. The molecular weight excluding hydrogens is 294 g/mol. The molecule has 3 heterocycles. The fourth-order valence-corrected chi connectivity index (χ4v) is 3.82. The number of aryl methyl sites for hydroxylation is 1. The number of hydrogen-bond acceptors (Lipinski definition) is 5. The Morgan fingerprint density at radius 3 is 3.00 bits per heavy atom. The van der Waals surface area contributed by atoms with E-state index in [1.807, 2.05) is 17.6 Å². The molecule has 2 aromatic heterocycles. The smallest absolute Gasteiger partial charge is 0.214 e. The molecule has 0 aliphatic carbocycles. The minimum absolute atomic E-state index is 0.665. The molecule has 1 saturated heterocycles. The summed E-state index contributed by atoms with van der Waals surface area (Å²) in [6.07, 6.45) is 3.19. The van der Waals surface area contributed by atoms with Gasteiger partial charge in [-0.05, 0) is 31.4 Å². The molecule has 0 bridgehead atoms. The molecule has 4 rings (SSSR count). The lowest BCUT2D eigenvalue weighted by Gasteiger charge is -2.18. The highest BCUT2D eigenvalue weighted by molar-refractivity contribution is 7.20. The van der Waals surface area contributed by atoms with Crippen LogP contribution in [0.1, 0.15) is 12.1 Å². The maximum atomic E-state index is 4.52. The van der Waals surface area contributed by atoms with Crippen LogP contribution in [0.2, 0.25) is 0 Å². The molecule has 6 heteroatoms. The van der Waals surface area contributed by atoms with Crippen LogP contribution in [0.4, 0.5) is 10.8 Å². The molecule has 5 nitrogen and oxygen atoms in total. The number of imidazole rings is 1. The minimum atomic E-state index is 0.665. The Bertz CT molecular complexity index is 732. The predicted octanol–water partition coefficient (Wildman–Crippen LogP) is 3.04. The van der Waals surface area contributed by atoms with Crippen LogP contribution < -0.4 is 10.2 Å². The third kappa shape index (κ3) is 2.66. The second-order valence-corrected chi connectivity index (χ2v) is 6.79. The van der Waals surface area contributed by atoms with Gasteiger partial charge in [0.2, 0.25) is 10.1 Å². The lowest BCUT2D eigenvalue weighted by Crippen LogP contribution is -2.22. The van der Waals surface area contributed by atoms with E-state index in [-0.39, 0.29) is 0 Å². The van der Waals surface area contributed by atoms with E-state index in [4.69, 9.17) is 0 Å². The average molecular weight is 313 g/mol. The van der Waals surface area contributed by atoms with Crippen LogP contribution in [-0.2, 0) is 0 Å². The number of para-hydroxylation sites is 1. The molecule has 1 aromatic carbocycles. The Morgan fingerprint density at radius 1 is 1.32 bits per heavy atom. The first-order valence-electron chi connectivity index (χ1n) is 7.64. The number of benzene rings is 1. The van der Waals surface area contributed by atoms with Gasteiger partial charge in [0, 0.05) is 25.3 Å². The molecule has 0 saturated carbocycles. The summed E-state index contributed by atoms with van der Waals surface area (Å²) in [6, 6.07) is 10.7. The van der Waals surface area contributed by atoms with E-state index in [2.05, 4.69) is 50.6 Å². The summed E-state index contributed by atoms with van der Waals surface area (Å²) in [7, 11) is 0. The van der Waals surface area contributed by atoms with Crippen molar-refractivity contribution in [2.24, 2.45) is 5.92 Å². The van der Waals surface area contributed by atoms with Crippen LogP contribution in [0.25, 0.3) is 4.96 Å². The van der Waals surface area contributed by atoms with Crippen LogP contribution in [0.5, 0.6) is 0 Å². The molecule has 22 heavy (non-hydrogen) atoms. The Kier molecular flexibility index (Phi) is 3.46. The van der Waals surface area contributed by atoms with E-state index in [0.29, 0.717) is 5.92 Å². The number of fused-ring (bicyclic) bond motifs is 1. The second-order valence-electron chi connectivity index (χ2n) is 5.83. The standard InChI is InChI=1S/C16H19N5S/c1-12-10-21-16(18-12)22-15(19-21)17-9-13-7-8-20(11-13)14-5-3-2-4-6-14/h2-6,10,13H,7-9,11H2,1H3,(H,17,19)/t13-/m0/s1. The molecule has 1 atom stereocenters. The molecule has 1 aliphatic heterocycles. The molecule has 0 unspecified atom stereocenters. The van der Waals surface area contributed by atoms with Gasteiger partial charge in [-0.1, -0.05) is 29.5 Å².